The van der Waals surface area contributed by atoms with E-state index in [4.69, 9.17) is 5.11 Å². The Balaban J connectivity index is 2.24. The van der Waals surface area contributed by atoms with E-state index >= 15 is 0 Å². The van der Waals surface area contributed by atoms with Crippen LogP contribution in [0.2, 0.25) is 0 Å². The largest absolute Gasteiger partial charge is 0.481 e. The van der Waals surface area contributed by atoms with Gasteiger partial charge in [0.2, 0.25) is 0 Å². The van der Waals surface area contributed by atoms with Gasteiger partial charge in [0.1, 0.15) is 0 Å². The van der Waals surface area contributed by atoms with Crippen LogP contribution in [0.3, 0.4) is 0 Å². The van der Waals surface area contributed by atoms with Crippen molar-refractivity contribution in [1.82, 2.24) is 5.32 Å². The van der Waals surface area contributed by atoms with Gasteiger partial charge in [-0.2, -0.15) is 0 Å². The molecule has 0 fully saturated rings. The topological polar surface area (TPSA) is 49.3 Å². The van der Waals surface area contributed by atoms with Crippen molar-refractivity contribution in [1.29, 1.82) is 0 Å². The zero-order chi connectivity index (χ0) is 8.10. The highest BCUT2D eigenvalue weighted by Gasteiger charge is 2.04. The molecule has 0 saturated carbocycles. The van der Waals surface area contributed by atoms with Crippen molar-refractivity contribution in [3.8, 4) is 0 Å². The lowest BCUT2D eigenvalue weighted by Gasteiger charge is -2.12. The quantitative estimate of drug-likeness (QED) is 0.592. The van der Waals surface area contributed by atoms with E-state index in [0.717, 1.165) is 19.5 Å². The van der Waals surface area contributed by atoms with E-state index in [1.54, 1.807) is 0 Å². The molecule has 0 amide bonds. The van der Waals surface area contributed by atoms with Crippen LogP contribution in [0.5, 0.6) is 0 Å². The minimum absolute atomic E-state index is 0.257. The van der Waals surface area contributed by atoms with Crippen LogP contribution in [0, 0.1) is 0 Å². The third-order valence-electron chi connectivity index (χ3n) is 1.77. The Kier molecular flexibility index (Phi) is 3.11. The maximum Gasteiger partial charge on any atom is 0.303 e. The monoisotopic (exact) mass is 155 g/mol. The third kappa shape index (κ3) is 3.18. The molecule has 0 aromatic carbocycles. The molecule has 1 rings (SSSR count). The van der Waals surface area contributed by atoms with Crippen LogP contribution in [-0.2, 0) is 4.79 Å². The molecule has 0 bridgehead atoms. The Morgan fingerprint density at radius 2 is 2.55 bits per heavy atom. The van der Waals surface area contributed by atoms with Gasteiger partial charge in [-0.05, 0) is 19.4 Å². The van der Waals surface area contributed by atoms with Crippen molar-refractivity contribution >= 4 is 5.97 Å². The van der Waals surface area contributed by atoms with E-state index in [-0.39, 0.29) is 6.42 Å². The summed E-state index contributed by atoms with van der Waals surface area (Å²) in [5.41, 5.74) is 1.23. The van der Waals surface area contributed by atoms with E-state index in [1.807, 2.05) is 0 Å². The Bertz CT molecular complexity index is 175. The molecule has 1 heterocycles. The molecule has 11 heavy (non-hydrogen) atoms. The molecule has 62 valence electrons. The van der Waals surface area contributed by atoms with Crippen molar-refractivity contribution in [2.75, 3.05) is 13.1 Å². The number of carbonyl (C=O) groups is 1. The highest BCUT2D eigenvalue weighted by molar-refractivity contribution is 5.67. The van der Waals surface area contributed by atoms with Crippen LogP contribution in [0.25, 0.3) is 0 Å². The first-order valence-electron chi connectivity index (χ1n) is 3.89. The summed E-state index contributed by atoms with van der Waals surface area (Å²) in [5.74, 6) is -0.712. The fraction of sp³-hybridized carbons (Fsp3) is 0.625. The molecule has 3 heteroatoms. The molecule has 0 unspecified atom stereocenters. The average molecular weight is 155 g/mol. The molecule has 1 aliphatic heterocycles. The lowest BCUT2D eigenvalue weighted by atomic mass is 10.1. The van der Waals surface area contributed by atoms with Gasteiger partial charge < -0.3 is 10.4 Å². The van der Waals surface area contributed by atoms with Crippen molar-refractivity contribution in [3.05, 3.63) is 11.6 Å². The molecule has 2 N–H and O–H groups in total. The van der Waals surface area contributed by atoms with Crippen molar-refractivity contribution < 1.29 is 9.90 Å². The Morgan fingerprint density at radius 3 is 3.09 bits per heavy atom. The molecule has 0 saturated heterocycles. The number of carboxylic acid groups (broad SMARTS) is 1. The van der Waals surface area contributed by atoms with Crippen molar-refractivity contribution in [3.63, 3.8) is 0 Å². The Labute approximate surface area is 66.1 Å². The number of hydrogen-bond donors (Lipinski definition) is 2. The minimum atomic E-state index is -0.712. The fourth-order valence-corrected chi connectivity index (χ4v) is 1.16. The summed E-state index contributed by atoms with van der Waals surface area (Å²) in [6, 6.07) is 0. The summed E-state index contributed by atoms with van der Waals surface area (Å²) in [5, 5.41) is 11.6. The zero-order valence-electron chi connectivity index (χ0n) is 6.47. The second-order valence-corrected chi connectivity index (χ2v) is 2.72. The molecule has 0 aliphatic carbocycles. The maximum atomic E-state index is 10.2. The van der Waals surface area contributed by atoms with E-state index in [9.17, 15) is 4.79 Å². The van der Waals surface area contributed by atoms with Crippen molar-refractivity contribution in [2.24, 2.45) is 0 Å². The first-order chi connectivity index (χ1) is 5.29. The van der Waals surface area contributed by atoms with Gasteiger partial charge >= 0.3 is 5.97 Å². The number of carboxylic acids is 1. The molecule has 0 aromatic heterocycles. The Morgan fingerprint density at radius 1 is 1.73 bits per heavy atom. The van der Waals surface area contributed by atoms with Crippen molar-refractivity contribution in [2.45, 2.75) is 19.3 Å². The zero-order valence-corrected chi connectivity index (χ0v) is 6.47. The SMILES string of the molecule is O=C(O)CCC1=CCCNC1. The predicted octanol–water partition coefficient (Wildman–Crippen LogP) is 0.771. The van der Waals surface area contributed by atoms with Crippen LogP contribution in [0.1, 0.15) is 19.3 Å². The van der Waals surface area contributed by atoms with Gasteiger partial charge in [-0.3, -0.25) is 4.79 Å². The lowest BCUT2D eigenvalue weighted by molar-refractivity contribution is -0.136. The van der Waals surface area contributed by atoms with Gasteiger partial charge in [-0.15, -0.1) is 0 Å². The van der Waals surface area contributed by atoms with Crippen LogP contribution in [-0.4, -0.2) is 24.2 Å². The van der Waals surface area contributed by atoms with Gasteiger partial charge in [0.25, 0.3) is 0 Å². The highest BCUT2D eigenvalue weighted by atomic mass is 16.4. The number of aliphatic carboxylic acids is 1. The second kappa shape index (κ2) is 4.13. The van der Waals surface area contributed by atoms with Gasteiger partial charge in [-0.1, -0.05) is 11.6 Å². The summed E-state index contributed by atoms with van der Waals surface area (Å²) in [4.78, 5) is 10.2. The van der Waals surface area contributed by atoms with E-state index in [0.29, 0.717) is 6.42 Å². The average Bonchev–Trinajstić information content (AvgIpc) is 2.03. The smallest absolute Gasteiger partial charge is 0.303 e. The minimum Gasteiger partial charge on any atom is -0.481 e. The summed E-state index contributed by atoms with van der Waals surface area (Å²) < 4.78 is 0. The first-order valence-corrected chi connectivity index (χ1v) is 3.89. The molecule has 0 atom stereocenters. The lowest BCUT2D eigenvalue weighted by Crippen LogP contribution is -2.22. The first kappa shape index (κ1) is 8.27. The molecule has 0 spiro atoms. The third-order valence-corrected chi connectivity index (χ3v) is 1.77. The maximum absolute atomic E-state index is 10.2. The Hall–Kier alpha value is -0.830. The molecular formula is C8H13NO2. The van der Waals surface area contributed by atoms with Crippen LogP contribution < -0.4 is 5.32 Å². The molecule has 3 nitrogen and oxygen atoms in total. The van der Waals surface area contributed by atoms with E-state index < -0.39 is 5.97 Å². The summed E-state index contributed by atoms with van der Waals surface area (Å²) in [7, 11) is 0. The molecular weight excluding hydrogens is 142 g/mol. The van der Waals surface area contributed by atoms with Gasteiger partial charge in [0.05, 0.1) is 0 Å². The number of nitrogens with one attached hydrogen (secondary N) is 1. The highest BCUT2D eigenvalue weighted by Crippen LogP contribution is 2.07. The normalized spacial score (nSPS) is 17.6. The van der Waals surface area contributed by atoms with Gasteiger partial charge in [-0.25, -0.2) is 0 Å². The molecule has 1 aliphatic rings. The van der Waals surface area contributed by atoms with E-state index in [2.05, 4.69) is 11.4 Å². The van der Waals surface area contributed by atoms with Gasteiger partial charge in [0.15, 0.2) is 0 Å². The fourth-order valence-electron chi connectivity index (χ4n) is 1.16. The standard InChI is InChI=1S/C8H13NO2/c10-8(11)4-3-7-2-1-5-9-6-7/h2,9H,1,3-6H2,(H,10,11). The van der Waals surface area contributed by atoms with Gasteiger partial charge in [0, 0.05) is 13.0 Å². The predicted molar refractivity (Wildman–Crippen MR) is 42.4 cm³/mol. The van der Waals surface area contributed by atoms with Crippen LogP contribution >= 0.6 is 0 Å². The van der Waals surface area contributed by atoms with E-state index in [1.165, 1.54) is 5.57 Å². The second-order valence-electron chi connectivity index (χ2n) is 2.72. The van der Waals surface area contributed by atoms with Crippen LogP contribution in [0.4, 0.5) is 0 Å². The van der Waals surface area contributed by atoms with Crippen LogP contribution in [0.15, 0.2) is 11.6 Å². The molecule has 0 aromatic rings. The summed E-state index contributed by atoms with van der Waals surface area (Å²) in [6.07, 6.45) is 4.13. The number of rotatable bonds is 3. The molecule has 0 radical (unpaired) electrons. The summed E-state index contributed by atoms with van der Waals surface area (Å²) >= 11 is 0. The summed E-state index contributed by atoms with van der Waals surface area (Å²) in [6.45, 7) is 1.89. The number of hydrogen-bond acceptors (Lipinski definition) is 2.